The van der Waals surface area contributed by atoms with E-state index in [2.05, 4.69) is 4.74 Å². The zero-order valence-corrected chi connectivity index (χ0v) is 14.4. The molecular formula is C17H24F3N3O2. The molecule has 0 aliphatic carbocycles. The molecule has 1 amide bonds. The number of nitrogens with zero attached hydrogens (tertiary/aromatic N) is 2. The Morgan fingerprint density at radius 1 is 1.28 bits per heavy atom. The average Bonchev–Trinajstić information content (AvgIpc) is 2.89. The van der Waals surface area contributed by atoms with E-state index in [-0.39, 0.29) is 23.7 Å². The van der Waals surface area contributed by atoms with Crippen molar-refractivity contribution >= 4 is 5.91 Å². The molecule has 0 aromatic heterocycles. The van der Waals surface area contributed by atoms with Gasteiger partial charge in [0.2, 0.25) is 5.91 Å². The van der Waals surface area contributed by atoms with E-state index in [4.69, 9.17) is 5.73 Å². The second kappa shape index (κ2) is 8.05. The fourth-order valence-corrected chi connectivity index (χ4v) is 3.15. The maximum Gasteiger partial charge on any atom is 0.573 e. The lowest BCUT2D eigenvalue weighted by Crippen LogP contribution is -2.45. The van der Waals surface area contributed by atoms with Gasteiger partial charge in [-0.2, -0.15) is 0 Å². The molecule has 1 heterocycles. The molecule has 1 aromatic rings. The van der Waals surface area contributed by atoms with Crippen LogP contribution in [0.3, 0.4) is 0 Å². The lowest BCUT2D eigenvalue weighted by Gasteiger charge is -2.28. The molecule has 2 rings (SSSR count). The van der Waals surface area contributed by atoms with Crippen molar-refractivity contribution < 1.29 is 22.7 Å². The van der Waals surface area contributed by atoms with E-state index in [1.54, 1.807) is 17.0 Å². The Bertz CT molecular complexity index is 573. The SMILES string of the molecule is CCN(CC)C(=O)[C@@H]1C[C@@H](N)CN1Cc1ccc(OC(F)(F)F)cc1. The summed E-state index contributed by atoms with van der Waals surface area (Å²) in [5.41, 5.74) is 6.83. The Morgan fingerprint density at radius 2 is 1.88 bits per heavy atom. The number of hydrogen-bond acceptors (Lipinski definition) is 4. The Balaban J connectivity index is 2.05. The number of amides is 1. The summed E-state index contributed by atoms with van der Waals surface area (Å²) in [5.74, 6) is -0.208. The molecule has 25 heavy (non-hydrogen) atoms. The molecule has 1 fully saturated rings. The van der Waals surface area contributed by atoms with Crippen molar-refractivity contribution in [2.24, 2.45) is 5.73 Å². The van der Waals surface area contributed by atoms with E-state index in [1.807, 2.05) is 18.7 Å². The van der Waals surface area contributed by atoms with Crippen molar-refractivity contribution in [3.8, 4) is 5.75 Å². The standard InChI is InChI=1S/C17H24F3N3O2/c1-3-22(4-2)16(24)15-9-13(21)11-23(15)10-12-5-7-14(8-6-12)25-17(18,19)20/h5-8,13,15H,3-4,9-11,21H2,1-2H3/t13-,15+/m1/s1. The zero-order valence-electron chi connectivity index (χ0n) is 14.4. The topological polar surface area (TPSA) is 58.8 Å². The summed E-state index contributed by atoms with van der Waals surface area (Å²) < 4.78 is 40.5. The predicted molar refractivity (Wildman–Crippen MR) is 87.8 cm³/mol. The summed E-state index contributed by atoms with van der Waals surface area (Å²) >= 11 is 0. The molecule has 2 atom stereocenters. The van der Waals surface area contributed by atoms with Crippen LogP contribution >= 0.6 is 0 Å². The van der Waals surface area contributed by atoms with E-state index in [9.17, 15) is 18.0 Å². The summed E-state index contributed by atoms with van der Waals surface area (Å²) in [5, 5.41) is 0. The van der Waals surface area contributed by atoms with Crippen molar-refractivity contribution in [2.45, 2.75) is 45.3 Å². The second-order valence-corrected chi connectivity index (χ2v) is 6.14. The third-order valence-corrected chi connectivity index (χ3v) is 4.34. The third-order valence-electron chi connectivity index (χ3n) is 4.34. The zero-order chi connectivity index (χ0) is 18.6. The first-order valence-corrected chi connectivity index (χ1v) is 8.36. The minimum absolute atomic E-state index is 0.0509. The van der Waals surface area contributed by atoms with Gasteiger partial charge in [-0.05, 0) is 38.0 Å². The van der Waals surface area contributed by atoms with Gasteiger partial charge in [-0.25, -0.2) is 0 Å². The van der Waals surface area contributed by atoms with Crippen LogP contribution in [-0.2, 0) is 11.3 Å². The number of hydrogen-bond donors (Lipinski definition) is 1. The van der Waals surface area contributed by atoms with Gasteiger partial charge in [-0.3, -0.25) is 9.69 Å². The lowest BCUT2D eigenvalue weighted by molar-refractivity contribution is -0.274. The van der Waals surface area contributed by atoms with Gasteiger partial charge < -0.3 is 15.4 Å². The van der Waals surface area contributed by atoms with Crippen LogP contribution in [0.4, 0.5) is 13.2 Å². The highest BCUT2D eigenvalue weighted by atomic mass is 19.4. The molecule has 1 aliphatic rings. The quantitative estimate of drug-likeness (QED) is 0.847. The second-order valence-electron chi connectivity index (χ2n) is 6.14. The number of rotatable bonds is 6. The molecule has 0 bridgehead atoms. The molecule has 1 aliphatic heterocycles. The number of halogens is 3. The van der Waals surface area contributed by atoms with Crippen LogP contribution in [0.2, 0.25) is 0 Å². The van der Waals surface area contributed by atoms with E-state index < -0.39 is 6.36 Å². The molecule has 0 saturated carbocycles. The van der Waals surface area contributed by atoms with Crippen LogP contribution in [0, 0.1) is 0 Å². The largest absolute Gasteiger partial charge is 0.573 e. The molecule has 0 spiro atoms. The molecule has 0 unspecified atom stereocenters. The third kappa shape index (κ3) is 5.34. The molecule has 8 heteroatoms. The van der Waals surface area contributed by atoms with E-state index in [1.165, 1.54) is 12.1 Å². The van der Waals surface area contributed by atoms with Crippen molar-refractivity contribution in [1.29, 1.82) is 0 Å². The molecule has 0 radical (unpaired) electrons. The fourth-order valence-electron chi connectivity index (χ4n) is 3.15. The molecular weight excluding hydrogens is 335 g/mol. The molecule has 5 nitrogen and oxygen atoms in total. The predicted octanol–water partition coefficient (Wildman–Crippen LogP) is 2.36. The van der Waals surface area contributed by atoms with Gasteiger partial charge in [0.25, 0.3) is 0 Å². The van der Waals surface area contributed by atoms with Crippen LogP contribution in [0.25, 0.3) is 0 Å². The van der Waals surface area contributed by atoms with Gasteiger partial charge in [0.05, 0.1) is 6.04 Å². The smallest absolute Gasteiger partial charge is 0.406 e. The van der Waals surface area contributed by atoms with Crippen LogP contribution in [0.5, 0.6) is 5.75 Å². The van der Waals surface area contributed by atoms with Crippen molar-refractivity contribution in [3.05, 3.63) is 29.8 Å². The summed E-state index contributed by atoms with van der Waals surface area (Å²) in [4.78, 5) is 16.4. The summed E-state index contributed by atoms with van der Waals surface area (Å²) in [6, 6.07) is 5.33. The minimum atomic E-state index is -4.70. The van der Waals surface area contributed by atoms with Crippen molar-refractivity contribution in [3.63, 3.8) is 0 Å². The molecule has 1 aromatic carbocycles. The number of carbonyl (C=O) groups excluding carboxylic acids is 1. The normalized spacial score (nSPS) is 21.4. The van der Waals surface area contributed by atoms with Gasteiger partial charge in [0.1, 0.15) is 5.75 Å². The van der Waals surface area contributed by atoms with Gasteiger partial charge >= 0.3 is 6.36 Å². The number of alkyl halides is 3. The fraction of sp³-hybridized carbons (Fsp3) is 0.588. The Morgan fingerprint density at radius 3 is 2.40 bits per heavy atom. The highest BCUT2D eigenvalue weighted by Crippen LogP contribution is 2.25. The number of likely N-dealkylation sites (tertiary alicyclic amines) is 1. The van der Waals surface area contributed by atoms with Gasteiger partial charge in [-0.1, -0.05) is 12.1 Å². The average molecular weight is 359 g/mol. The Kier molecular flexibility index (Phi) is 6.29. The number of carbonyl (C=O) groups is 1. The number of nitrogens with two attached hydrogens (primary N) is 1. The van der Waals surface area contributed by atoms with Crippen molar-refractivity contribution in [1.82, 2.24) is 9.80 Å². The van der Waals surface area contributed by atoms with E-state index >= 15 is 0 Å². The molecule has 1 saturated heterocycles. The van der Waals surface area contributed by atoms with Crippen LogP contribution in [0.15, 0.2) is 24.3 Å². The highest BCUT2D eigenvalue weighted by Gasteiger charge is 2.36. The Hall–Kier alpha value is -1.80. The van der Waals surface area contributed by atoms with Crippen molar-refractivity contribution in [2.75, 3.05) is 19.6 Å². The summed E-state index contributed by atoms with van der Waals surface area (Å²) in [6.07, 6.45) is -4.12. The highest BCUT2D eigenvalue weighted by molar-refractivity contribution is 5.82. The van der Waals surface area contributed by atoms with Gasteiger partial charge in [0.15, 0.2) is 0 Å². The number of likely N-dealkylation sites (N-methyl/N-ethyl adjacent to an activating group) is 1. The Labute approximate surface area is 145 Å². The first-order chi connectivity index (χ1) is 11.7. The minimum Gasteiger partial charge on any atom is -0.406 e. The maximum atomic E-state index is 12.6. The van der Waals surface area contributed by atoms with Crippen LogP contribution in [-0.4, -0.2) is 53.8 Å². The maximum absolute atomic E-state index is 12.6. The van der Waals surface area contributed by atoms with Gasteiger partial charge in [0, 0.05) is 32.2 Å². The first kappa shape index (κ1) is 19.5. The summed E-state index contributed by atoms with van der Waals surface area (Å²) in [6.45, 7) is 6.17. The lowest BCUT2D eigenvalue weighted by atomic mass is 10.1. The summed E-state index contributed by atoms with van der Waals surface area (Å²) in [7, 11) is 0. The number of benzene rings is 1. The van der Waals surface area contributed by atoms with Crippen LogP contribution in [0.1, 0.15) is 25.8 Å². The van der Waals surface area contributed by atoms with Gasteiger partial charge in [-0.15, -0.1) is 13.2 Å². The van der Waals surface area contributed by atoms with E-state index in [0.717, 1.165) is 5.56 Å². The monoisotopic (exact) mass is 359 g/mol. The number of ether oxygens (including phenoxy) is 1. The molecule has 2 N–H and O–H groups in total. The first-order valence-electron chi connectivity index (χ1n) is 8.36. The molecule has 140 valence electrons. The van der Waals surface area contributed by atoms with E-state index in [0.29, 0.717) is 32.6 Å². The van der Waals surface area contributed by atoms with Crippen LogP contribution < -0.4 is 10.5 Å².